The van der Waals surface area contributed by atoms with Crippen LogP contribution >= 0.6 is 0 Å². The number of carbonyl (C=O) groups excluding carboxylic acids is 1. The van der Waals surface area contributed by atoms with Gasteiger partial charge in [-0.05, 0) is 31.9 Å². The predicted molar refractivity (Wildman–Crippen MR) is 67.4 cm³/mol. The minimum absolute atomic E-state index is 0.00521. The van der Waals surface area contributed by atoms with Gasteiger partial charge < -0.3 is 5.32 Å². The molecule has 1 saturated carbocycles. The molecule has 1 aromatic heterocycles. The standard InChI is InChI=1S/C14H20N2O/c1-11(13-9-5-6-10-15-13)16-14(17)12-7-3-2-4-8-12/h5-6,9-12H,2-4,7-8H2,1H3,(H,16,17). The SMILES string of the molecule is CC(NC(=O)C1CCCCC1)c1ccccn1. The molecule has 1 fully saturated rings. The molecule has 0 bridgehead atoms. The zero-order valence-electron chi connectivity index (χ0n) is 10.4. The fraction of sp³-hybridized carbons (Fsp3) is 0.571. The summed E-state index contributed by atoms with van der Waals surface area (Å²) in [6.07, 6.45) is 7.51. The highest BCUT2D eigenvalue weighted by atomic mass is 16.1. The van der Waals surface area contributed by atoms with Crippen LogP contribution in [0.25, 0.3) is 0 Å². The molecule has 3 heteroatoms. The maximum absolute atomic E-state index is 12.0. The molecule has 0 radical (unpaired) electrons. The first kappa shape index (κ1) is 12.1. The number of carbonyl (C=O) groups is 1. The molecule has 92 valence electrons. The third-order valence-electron chi connectivity index (χ3n) is 3.47. The van der Waals surface area contributed by atoms with Crippen LogP contribution in [0.3, 0.4) is 0 Å². The van der Waals surface area contributed by atoms with Crippen molar-refractivity contribution in [1.29, 1.82) is 0 Å². The van der Waals surface area contributed by atoms with Crippen LogP contribution in [0.1, 0.15) is 50.8 Å². The quantitative estimate of drug-likeness (QED) is 0.870. The van der Waals surface area contributed by atoms with Crippen molar-refractivity contribution in [2.24, 2.45) is 5.92 Å². The van der Waals surface area contributed by atoms with Gasteiger partial charge >= 0.3 is 0 Å². The summed E-state index contributed by atoms with van der Waals surface area (Å²) < 4.78 is 0. The van der Waals surface area contributed by atoms with Gasteiger partial charge in [-0.2, -0.15) is 0 Å². The lowest BCUT2D eigenvalue weighted by molar-refractivity contribution is -0.126. The molecule has 1 N–H and O–H groups in total. The van der Waals surface area contributed by atoms with E-state index >= 15 is 0 Å². The fourth-order valence-electron chi connectivity index (χ4n) is 2.40. The maximum Gasteiger partial charge on any atom is 0.223 e. The van der Waals surface area contributed by atoms with E-state index in [2.05, 4.69) is 10.3 Å². The van der Waals surface area contributed by atoms with Crippen molar-refractivity contribution in [3.63, 3.8) is 0 Å². The van der Waals surface area contributed by atoms with E-state index in [0.717, 1.165) is 18.5 Å². The Balaban J connectivity index is 1.89. The molecule has 1 heterocycles. The van der Waals surface area contributed by atoms with Crippen molar-refractivity contribution in [3.8, 4) is 0 Å². The highest BCUT2D eigenvalue weighted by Gasteiger charge is 2.22. The Kier molecular flexibility index (Phi) is 4.13. The Morgan fingerprint density at radius 3 is 2.76 bits per heavy atom. The normalized spacial score (nSPS) is 18.6. The van der Waals surface area contributed by atoms with E-state index < -0.39 is 0 Å². The fourth-order valence-corrected chi connectivity index (χ4v) is 2.40. The lowest BCUT2D eigenvalue weighted by atomic mass is 9.88. The molecule has 1 amide bonds. The minimum Gasteiger partial charge on any atom is -0.348 e. The molecule has 1 unspecified atom stereocenters. The van der Waals surface area contributed by atoms with Gasteiger partial charge in [0.25, 0.3) is 0 Å². The molecule has 1 atom stereocenters. The summed E-state index contributed by atoms with van der Waals surface area (Å²) in [7, 11) is 0. The summed E-state index contributed by atoms with van der Waals surface area (Å²) in [5, 5.41) is 3.06. The molecule has 0 spiro atoms. The lowest BCUT2D eigenvalue weighted by Gasteiger charge is -2.23. The Hall–Kier alpha value is -1.38. The maximum atomic E-state index is 12.0. The predicted octanol–water partition coefficient (Wildman–Crippen LogP) is 2.84. The average molecular weight is 232 g/mol. The van der Waals surface area contributed by atoms with Crippen molar-refractivity contribution in [2.75, 3.05) is 0 Å². The highest BCUT2D eigenvalue weighted by molar-refractivity contribution is 5.79. The number of nitrogens with zero attached hydrogens (tertiary/aromatic N) is 1. The molecule has 2 rings (SSSR count). The number of aromatic nitrogens is 1. The van der Waals surface area contributed by atoms with Crippen molar-refractivity contribution in [3.05, 3.63) is 30.1 Å². The molecule has 0 aromatic carbocycles. The van der Waals surface area contributed by atoms with Gasteiger partial charge in [0, 0.05) is 12.1 Å². The van der Waals surface area contributed by atoms with E-state index in [4.69, 9.17) is 0 Å². The van der Waals surface area contributed by atoms with Crippen LogP contribution in [0.5, 0.6) is 0 Å². The Labute approximate surface area is 103 Å². The van der Waals surface area contributed by atoms with Crippen LogP contribution in [0, 0.1) is 5.92 Å². The van der Waals surface area contributed by atoms with Crippen LogP contribution in [0.15, 0.2) is 24.4 Å². The van der Waals surface area contributed by atoms with Gasteiger partial charge in [-0.3, -0.25) is 9.78 Å². The largest absolute Gasteiger partial charge is 0.348 e. The summed E-state index contributed by atoms with van der Waals surface area (Å²) in [5.41, 5.74) is 0.927. The number of amides is 1. The van der Waals surface area contributed by atoms with Crippen LogP contribution in [-0.4, -0.2) is 10.9 Å². The summed E-state index contributed by atoms with van der Waals surface area (Å²) >= 11 is 0. The molecule has 1 aromatic rings. The van der Waals surface area contributed by atoms with Gasteiger partial charge in [-0.25, -0.2) is 0 Å². The summed E-state index contributed by atoms with van der Waals surface area (Å²) in [6, 6.07) is 5.79. The van der Waals surface area contributed by atoms with Crippen molar-refractivity contribution in [2.45, 2.75) is 45.1 Å². The Bertz CT molecular complexity index is 358. The number of hydrogen-bond donors (Lipinski definition) is 1. The number of hydrogen-bond acceptors (Lipinski definition) is 2. The van der Waals surface area contributed by atoms with Gasteiger partial charge in [-0.1, -0.05) is 25.3 Å². The summed E-state index contributed by atoms with van der Waals surface area (Å²) in [5.74, 6) is 0.415. The zero-order chi connectivity index (χ0) is 12.1. The Morgan fingerprint density at radius 1 is 1.35 bits per heavy atom. The molecular weight excluding hydrogens is 212 g/mol. The molecule has 0 saturated heterocycles. The van der Waals surface area contributed by atoms with Gasteiger partial charge in [0.05, 0.1) is 11.7 Å². The van der Waals surface area contributed by atoms with Crippen molar-refractivity contribution < 1.29 is 4.79 Å². The van der Waals surface area contributed by atoms with E-state index in [0.29, 0.717) is 0 Å². The van der Waals surface area contributed by atoms with E-state index in [1.165, 1.54) is 19.3 Å². The van der Waals surface area contributed by atoms with Crippen LogP contribution in [0.2, 0.25) is 0 Å². The van der Waals surface area contributed by atoms with E-state index in [9.17, 15) is 4.79 Å². The van der Waals surface area contributed by atoms with E-state index in [-0.39, 0.29) is 17.9 Å². The Morgan fingerprint density at radius 2 is 2.12 bits per heavy atom. The average Bonchev–Trinajstić information content (AvgIpc) is 2.40. The van der Waals surface area contributed by atoms with Gasteiger partial charge in [0.1, 0.15) is 0 Å². The highest BCUT2D eigenvalue weighted by Crippen LogP contribution is 2.24. The minimum atomic E-state index is 0.00521. The third-order valence-corrected chi connectivity index (χ3v) is 3.47. The number of rotatable bonds is 3. The topological polar surface area (TPSA) is 42.0 Å². The number of pyridine rings is 1. The van der Waals surface area contributed by atoms with Crippen LogP contribution < -0.4 is 5.32 Å². The van der Waals surface area contributed by atoms with Gasteiger partial charge in [0.2, 0.25) is 5.91 Å². The zero-order valence-corrected chi connectivity index (χ0v) is 10.4. The molecule has 1 aliphatic carbocycles. The second-order valence-electron chi connectivity index (χ2n) is 4.82. The van der Waals surface area contributed by atoms with Crippen LogP contribution in [0.4, 0.5) is 0 Å². The molecule has 3 nitrogen and oxygen atoms in total. The molecule has 1 aliphatic rings. The smallest absolute Gasteiger partial charge is 0.223 e. The summed E-state index contributed by atoms with van der Waals surface area (Å²) in [6.45, 7) is 1.99. The molecular formula is C14H20N2O. The summed E-state index contributed by atoms with van der Waals surface area (Å²) in [4.78, 5) is 16.3. The first-order valence-corrected chi connectivity index (χ1v) is 6.48. The van der Waals surface area contributed by atoms with E-state index in [1.54, 1.807) is 6.20 Å². The van der Waals surface area contributed by atoms with Crippen molar-refractivity contribution >= 4 is 5.91 Å². The second-order valence-corrected chi connectivity index (χ2v) is 4.82. The lowest BCUT2D eigenvalue weighted by Crippen LogP contribution is -2.34. The first-order chi connectivity index (χ1) is 8.27. The number of nitrogens with one attached hydrogen (secondary N) is 1. The van der Waals surface area contributed by atoms with Crippen LogP contribution in [-0.2, 0) is 4.79 Å². The third kappa shape index (κ3) is 3.29. The molecule has 0 aliphatic heterocycles. The van der Waals surface area contributed by atoms with Gasteiger partial charge in [-0.15, -0.1) is 0 Å². The second kappa shape index (κ2) is 5.80. The van der Waals surface area contributed by atoms with Crippen molar-refractivity contribution in [1.82, 2.24) is 10.3 Å². The molecule has 17 heavy (non-hydrogen) atoms. The monoisotopic (exact) mass is 232 g/mol. The van der Waals surface area contributed by atoms with E-state index in [1.807, 2.05) is 25.1 Å². The van der Waals surface area contributed by atoms with Gasteiger partial charge in [0.15, 0.2) is 0 Å². The first-order valence-electron chi connectivity index (χ1n) is 6.48.